The minimum absolute atomic E-state index is 0.0346. The van der Waals surface area contributed by atoms with Crippen LogP contribution in [-0.4, -0.2) is 59.3 Å². The van der Waals surface area contributed by atoms with Gasteiger partial charge in [-0.05, 0) is 86.2 Å². The number of halogens is 2. The molecule has 3 fully saturated rings. The number of aliphatic hydroxyl groups excluding tert-OH is 1. The summed E-state index contributed by atoms with van der Waals surface area (Å²) >= 11 is 0. The molecule has 5 rings (SSSR count). The molecule has 1 heterocycles. The van der Waals surface area contributed by atoms with Gasteiger partial charge in [0, 0.05) is 37.4 Å². The van der Waals surface area contributed by atoms with Gasteiger partial charge in [-0.15, -0.1) is 0 Å². The first-order chi connectivity index (χ1) is 17.4. The number of hydrogen-bond donors (Lipinski definition) is 2. The second-order valence-corrected chi connectivity index (χ2v) is 10.6. The van der Waals surface area contributed by atoms with Gasteiger partial charge in [0.15, 0.2) is 0 Å². The van der Waals surface area contributed by atoms with Gasteiger partial charge in [0.2, 0.25) is 0 Å². The Hall–Kier alpha value is -3.02. The molecule has 2 aromatic carbocycles. The monoisotopic (exact) mass is 494 g/mol. The van der Waals surface area contributed by atoms with Crippen molar-refractivity contribution in [2.24, 2.45) is 5.92 Å². The van der Waals surface area contributed by atoms with Crippen LogP contribution >= 0.6 is 0 Å². The first-order valence-corrected chi connectivity index (χ1v) is 12.8. The summed E-state index contributed by atoms with van der Waals surface area (Å²) in [7, 11) is 0. The van der Waals surface area contributed by atoms with Crippen LogP contribution in [0, 0.1) is 28.9 Å². The normalized spacial score (nSPS) is 27.2. The highest BCUT2D eigenvalue weighted by Gasteiger charge is 2.58. The quantitative estimate of drug-likeness (QED) is 0.588. The molecule has 3 aliphatic rings. The molecule has 2 aromatic rings. The number of amides is 2. The predicted octanol–water partition coefficient (Wildman–Crippen LogP) is 4.64. The van der Waals surface area contributed by atoms with Crippen molar-refractivity contribution in [3.8, 4) is 6.07 Å². The number of benzene rings is 2. The van der Waals surface area contributed by atoms with Gasteiger partial charge < -0.3 is 20.2 Å². The van der Waals surface area contributed by atoms with E-state index in [0.717, 1.165) is 69.8 Å². The fourth-order valence-electron chi connectivity index (χ4n) is 6.30. The number of urea groups is 1. The van der Waals surface area contributed by atoms with Crippen molar-refractivity contribution < 1.29 is 18.7 Å². The molecule has 0 bridgehead atoms. The summed E-state index contributed by atoms with van der Waals surface area (Å²) in [6, 6.07) is 12.8. The highest BCUT2D eigenvalue weighted by molar-refractivity contribution is 5.89. The van der Waals surface area contributed by atoms with Crippen LogP contribution in [0.1, 0.15) is 49.7 Å². The highest BCUT2D eigenvalue weighted by Crippen LogP contribution is 2.62. The van der Waals surface area contributed by atoms with E-state index in [9.17, 15) is 23.9 Å². The molecule has 0 spiro atoms. The lowest BCUT2D eigenvalue weighted by Crippen LogP contribution is -2.46. The van der Waals surface area contributed by atoms with Gasteiger partial charge in [0.25, 0.3) is 0 Å². The summed E-state index contributed by atoms with van der Waals surface area (Å²) < 4.78 is 27.4. The molecule has 2 N–H and O–H groups in total. The number of anilines is 1. The molecular weight excluding hydrogens is 462 g/mol. The van der Waals surface area contributed by atoms with Crippen molar-refractivity contribution in [1.29, 1.82) is 5.26 Å². The van der Waals surface area contributed by atoms with Gasteiger partial charge in [0.1, 0.15) is 11.6 Å². The fraction of sp³-hybridized carbons (Fsp3) is 0.500. The van der Waals surface area contributed by atoms with Crippen LogP contribution in [0.25, 0.3) is 0 Å². The van der Waals surface area contributed by atoms with E-state index in [0.29, 0.717) is 24.6 Å². The average molecular weight is 495 g/mol. The number of β-amino-alcohol motifs (C(OH)–C–C–N with tert-alkyl or cyclic N) is 1. The van der Waals surface area contributed by atoms with Crippen molar-refractivity contribution in [3.63, 3.8) is 0 Å². The van der Waals surface area contributed by atoms with Crippen molar-refractivity contribution in [3.05, 3.63) is 65.2 Å². The zero-order valence-corrected chi connectivity index (χ0v) is 20.3. The number of carbonyl (C=O) groups is 1. The molecule has 4 atom stereocenters. The van der Waals surface area contributed by atoms with Crippen LogP contribution in [0.15, 0.2) is 42.5 Å². The second-order valence-electron chi connectivity index (χ2n) is 10.6. The molecule has 6 nitrogen and oxygen atoms in total. The van der Waals surface area contributed by atoms with Crippen molar-refractivity contribution in [2.75, 3.05) is 31.5 Å². The third-order valence-corrected chi connectivity index (χ3v) is 8.22. The van der Waals surface area contributed by atoms with E-state index in [1.165, 1.54) is 5.56 Å². The second kappa shape index (κ2) is 10.2. The van der Waals surface area contributed by atoms with Crippen LogP contribution in [0.4, 0.5) is 19.3 Å². The van der Waals surface area contributed by atoms with E-state index in [1.54, 1.807) is 0 Å². The highest BCUT2D eigenvalue weighted by atomic mass is 19.1. The van der Waals surface area contributed by atoms with E-state index < -0.39 is 11.6 Å². The first kappa shape index (κ1) is 24.7. The maximum absolute atomic E-state index is 13.7. The Morgan fingerprint density at radius 3 is 2.72 bits per heavy atom. The number of fused-ring (bicyclic) bond motifs is 1. The van der Waals surface area contributed by atoms with E-state index in [2.05, 4.69) is 22.4 Å². The number of nitrogens with one attached hydrogen (secondary N) is 1. The molecule has 36 heavy (non-hydrogen) atoms. The minimum atomic E-state index is -0.732. The number of nitriles is 1. The van der Waals surface area contributed by atoms with Gasteiger partial charge in [-0.1, -0.05) is 12.1 Å². The minimum Gasteiger partial charge on any atom is -0.392 e. The van der Waals surface area contributed by atoms with E-state index in [1.807, 2.05) is 23.1 Å². The summed E-state index contributed by atoms with van der Waals surface area (Å²) in [6.07, 6.45) is 4.93. The molecule has 2 amide bonds. The lowest BCUT2D eigenvalue weighted by molar-refractivity contribution is 0.151. The molecule has 1 aliphatic heterocycles. The van der Waals surface area contributed by atoms with Gasteiger partial charge in [-0.25, -0.2) is 13.6 Å². The van der Waals surface area contributed by atoms with E-state index in [4.69, 9.17) is 0 Å². The summed E-state index contributed by atoms with van der Waals surface area (Å²) in [5.74, 6) is -1.02. The lowest BCUT2D eigenvalue weighted by Gasteiger charge is -2.37. The molecule has 0 radical (unpaired) electrons. The molecule has 2 saturated carbocycles. The van der Waals surface area contributed by atoms with Crippen LogP contribution in [0.5, 0.6) is 0 Å². The average Bonchev–Trinajstić information content (AvgIpc) is 3.46. The number of likely N-dealkylation sites (tertiary alicyclic amines) is 1. The summed E-state index contributed by atoms with van der Waals surface area (Å²) in [5, 5.41) is 21.8. The Morgan fingerprint density at radius 1 is 1.22 bits per heavy atom. The Bertz CT molecular complexity index is 1150. The number of aliphatic hydroxyl groups is 1. The standard InChI is InChI=1S/C28H32F2N4O2/c29-22-13-23(30)15-24(14-22)32-27(36)34(9-2-8-33-10-6-26(35)18-33)25-5-7-28(16-21(28)12-25)20-4-1-3-19(11-20)17-31/h1,3-4,11,13-15,21,25-26,35H,2,5-10,12,16,18H2,(H,32,36)/t21?,25-,26+,28+/m1/s1. The molecule has 190 valence electrons. The van der Waals surface area contributed by atoms with E-state index >= 15 is 0 Å². The third kappa shape index (κ3) is 5.23. The van der Waals surface area contributed by atoms with Crippen molar-refractivity contribution in [2.45, 2.75) is 56.1 Å². The van der Waals surface area contributed by atoms with Crippen molar-refractivity contribution >= 4 is 11.7 Å². The smallest absolute Gasteiger partial charge is 0.322 e. The van der Waals surface area contributed by atoms with Crippen LogP contribution in [-0.2, 0) is 5.41 Å². The van der Waals surface area contributed by atoms with Gasteiger partial charge in [-0.3, -0.25) is 0 Å². The summed E-state index contributed by atoms with van der Waals surface area (Å²) in [4.78, 5) is 17.4. The molecule has 1 unspecified atom stereocenters. The zero-order valence-electron chi connectivity index (χ0n) is 20.3. The molecule has 2 aliphatic carbocycles. The predicted molar refractivity (Wildman–Crippen MR) is 132 cm³/mol. The first-order valence-electron chi connectivity index (χ1n) is 12.8. The maximum Gasteiger partial charge on any atom is 0.322 e. The zero-order chi connectivity index (χ0) is 25.3. The largest absolute Gasteiger partial charge is 0.392 e. The van der Waals surface area contributed by atoms with Crippen LogP contribution in [0.3, 0.4) is 0 Å². The molecule has 0 aromatic heterocycles. The molecule has 1 saturated heterocycles. The Labute approximate surface area is 210 Å². The molecule has 8 heteroatoms. The number of nitrogens with zero attached hydrogens (tertiary/aromatic N) is 3. The Morgan fingerprint density at radius 2 is 2.03 bits per heavy atom. The summed E-state index contributed by atoms with van der Waals surface area (Å²) in [6.45, 7) is 2.83. The van der Waals surface area contributed by atoms with Gasteiger partial charge in [-0.2, -0.15) is 5.26 Å². The van der Waals surface area contributed by atoms with E-state index in [-0.39, 0.29) is 29.3 Å². The van der Waals surface area contributed by atoms with Crippen molar-refractivity contribution in [1.82, 2.24) is 9.80 Å². The fourth-order valence-corrected chi connectivity index (χ4v) is 6.30. The Balaban J connectivity index is 1.27. The van der Waals surface area contributed by atoms with Gasteiger partial charge >= 0.3 is 6.03 Å². The topological polar surface area (TPSA) is 79.6 Å². The number of carbonyl (C=O) groups excluding carboxylic acids is 1. The number of rotatable bonds is 7. The van der Waals surface area contributed by atoms with Crippen LogP contribution < -0.4 is 5.32 Å². The third-order valence-electron chi connectivity index (χ3n) is 8.22. The maximum atomic E-state index is 13.7. The SMILES string of the molecule is N#Cc1cccc([C@@]23CC[C@@H](N(CCCN4CC[C@H](O)C4)C(=O)Nc4cc(F)cc(F)c4)CC2C3)c1. The summed E-state index contributed by atoms with van der Waals surface area (Å²) in [5.41, 5.74) is 2.08. The molecular formula is C28H32F2N4O2. The number of hydrogen-bond acceptors (Lipinski definition) is 4. The van der Waals surface area contributed by atoms with Gasteiger partial charge in [0.05, 0.1) is 17.7 Å². The van der Waals surface area contributed by atoms with Crippen LogP contribution in [0.2, 0.25) is 0 Å². The lowest BCUT2D eigenvalue weighted by atomic mass is 9.80. The Kier molecular flexibility index (Phi) is 6.96.